The predicted molar refractivity (Wildman–Crippen MR) is 61.9 cm³/mol. The molecule has 0 aromatic rings. The van der Waals surface area contributed by atoms with Crippen LogP contribution in [0.1, 0.15) is 25.7 Å². The topological polar surface area (TPSA) is 55.6 Å². The van der Waals surface area contributed by atoms with Crippen molar-refractivity contribution in [3.05, 3.63) is 0 Å². The number of likely N-dealkylation sites (tertiary alicyclic amines) is 1. The van der Waals surface area contributed by atoms with Crippen LogP contribution in [-0.4, -0.2) is 43.7 Å². The van der Waals surface area contributed by atoms with E-state index in [1.54, 1.807) is 7.11 Å². The lowest BCUT2D eigenvalue weighted by molar-refractivity contribution is -0.132. The SMILES string of the molecule is COC(CN)CC(=O)N1CC2CCCC2C1. The van der Waals surface area contributed by atoms with E-state index in [1.807, 2.05) is 4.90 Å². The maximum Gasteiger partial charge on any atom is 0.225 e. The summed E-state index contributed by atoms with van der Waals surface area (Å²) in [5.41, 5.74) is 5.53. The molecule has 0 aromatic carbocycles. The predicted octanol–water partition coefficient (Wildman–Crippen LogP) is 0.609. The van der Waals surface area contributed by atoms with Gasteiger partial charge in [-0.1, -0.05) is 6.42 Å². The highest BCUT2D eigenvalue weighted by Gasteiger charge is 2.38. The fourth-order valence-electron chi connectivity index (χ4n) is 3.03. The second kappa shape index (κ2) is 5.15. The molecule has 4 heteroatoms. The van der Waals surface area contributed by atoms with Gasteiger partial charge < -0.3 is 15.4 Å². The Labute approximate surface area is 97.1 Å². The number of hydrogen-bond acceptors (Lipinski definition) is 3. The number of amides is 1. The second-order valence-electron chi connectivity index (χ2n) is 5.05. The van der Waals surface area contributed by atoms with Crippen molar-refractivity contribution < 1.29 is 9.53 Å². The molecule has 4 nitrogen and oxygen atoms in total. The molecule has 16 heavy (non-hydrogen) atoms. The van der Waals surface area contributed by atoms with E-state index in [4.69, 9.17) is 10.5 Å². The average molecular weight is 226 g/mol. The zero-order valence-corrected chi connectivity index (χ0v) is 10.0. The van der Waals surface area contributed by atoms with E-state index in [9.17, 15) is 4.79 Å². The number of carbonyl (C=O) groups excluding carboxylic acids is 1. The molecule has 3 atom stereocenters. The van der Waals surface area contributed by atoms with Gasteiger partial charge in [-0.05, 0) is 24.7 Å². The number of nitrogens with zero attached hydrogens (tertiary/aromatic N) is 1. The van der Waals surface area contributed by atoms with Gasteiger partial charge in [0.05, 0.1) is 12.5 Å². The Hall–Kier alpha value is -0.610. The van der Waals surface area contributed by atoms with Gasteiger partial charge in [-0.15, -0.1) is 0 Å². The van der Waals surface area contributed by atoms with Gasteiger partial charge in [0.25, 0.3) is 0 Å². The zero-order chi connectivity index (χ0) is 11.5. The lowest BCUT2D eigenvalue weighted by atomic mass is 10.0. The van der Waals surface area contributed by atoms with E-state index in [0.717, 1.165) is 24.9 Å². The van der Waals surface area contributed by atoms with Crippen LogP contribution < -0.4 is 5.73 Å². The Bertz CT molecular complexity index is 241. The maximum absolute atomic E-state index is 12.0. The third-order valence-corrected chi connectivity index (χ3v) is 4.08. The number of hydrogen-bond donors (Lipinski definition) is 1. The van der Waals surface area contributed by atoms with E-state index in [1.165, 1.54) is 19.3 Å². The molecule has 2 fully saturated rings. The van der Waals surface area contributed by atoms with Crippen molar-refractivity contribution in [3.8, 4) is 0 Å². The smallest absolute Gasteiger partial charge is 0.225 e. The summed E-state index contributed by atoms with van der Waals surface area (Å²) < 4.78 is 5.15. The molecule has 2 N–H and O–H groups in total. The van der Waals surface area contributed by atoms with Crippen LogP contribution in [0.5, 0.6) is 0 Å². The highest BCUT2D eigenvalue weighted by Crippen LogP contribution is 2.37. The second-order valence-corrected chi connectivity index (χ2v) is 5.05. The van der Waals surface area contributed by atoms with Crippen molar-refractivity contribution >= 4 is 5.91 Å². The van der Waals surface area contributed by atoms with Crippen LogP contribution in [0.3, 0.4) is 0 Å². The third kappa shape index (κ3) is 2.38. The number of rotatable bonds is 4. The van der Waals surface area contributed by atoms with Crippen LogP contribution >= 0.6 is 0 Å². The van der Waals surface area contributed by atoms with Crippen LogP contribution in [0.4, 0.5) is 0 Å². The van der Waals surface area contributed by atoms with E-state index >= 15 is 0 Å². The van der Waals surface area contributed by atoms with Crippen LogP contribution in [0.25, 0.3) is 0 Å². The minimum absolute atomic E-state index is 0.118. The molecule has 1 aliphatic heterocycles. The van der Waals surface area contributed by atoms with Gasteiger partial charge in [0.15, 0.2) is 0 Å². The molecular formula is C12H22N2O2. The molecule has 92 valence electrons. The first-order chi connectivity index (χ1) is 7.74. The first kappa shape index (κ1) is 11.9. The van der Waals surface area contributed by atoms with Crippen LogP contribution in [0.15, 0.2) is 0 Å². The lowest BCUT2D eigenvalue weighted by Gasteiger charge is -2.20. The summed E-state index contributed by atoms with van der Waals surface area (Å²) in [4.78, 5) is 14.0. The van der Waals surface area contributed by atoms with E-state index < -0.39 is 0 Å². The van der Waals surface area contributed by atoms with Crippen molar-refractivity contribution in [1.29, 1.82) is 0 Å². The third-order valence-electron chi connectivity index (χ3n) is 4.08. The van der Waals surface area contributed by atoms with Gasteiger partial charge in [-0.25, -0.2) is 0 Å². The van der Waals surface area contributed by atoms with Crippen molar-refractivity contribution in [3.63, 3.8) is 0 Å². The first-order valence-electron chi connectivity index (χ1n) is 6.25. The summed E-state index contributed by atoms with van der Waals surface area (Å²) in [6.07, 6.45) is 4.28. The Morgan fingerprint density at radius 3 is 2.56 bits per heavy atom. The molecular weight excluding hydrogens is 204 g/mol. The van der Waals surface area contributed by atoms with E-state index in [-0.39, 0.29) is 12.0 Å². The van der Waals surface area contributed by atoms with Gasteiger partial charge in [0.1, 0.15) is 0 Å². The summed E-state index contributed by atoms with van der Waals surface area (Å²) in [6, 6.07) is 0. The molecule has 1 amide bonds. The Balaban J connectivity index is 1.82. The molecule has 1 saturated carbocycles. The fourth-order valence-corrected chi connectivity index (χ4v) is 3.03. The molecule has 2 aliphatic rings. The Morgan fingerprint density at radius 2 is 2.06 bits per heavy atom. The molecule has 0 radical (unpaired) electrons. The molecule has 2 rings (SSSR count). The molecule has 1 aliphatic carbocycles. The van der Waals surface area contributed by atoms with Crippen LogP contribution in [0, 0.1) is 11.8 Å². The highest BCUT2D eigenvalue weighted by atomic mass is 16.5. The monoisotopic (exact) mass is 226 g/mol. The molecule has 0 spiro atoms. The zero-order valence-electron chi connectivity index (χ0n) is 10.0. The van der Waals surface area contributed by atoms with E-state index in [2.05, 4.69) is 0 Å². The largest absolute Gasteiger partial charge is 0.380 e. The summed E-state index contributed by atoms with van der Waals surface area (Å²) >= 11 is 0. The summed E-state index contributed by atoms with van der Waals surface area (Å²) in [5.74, 6) is 1.75. The molecule has 0 aromatic heterocycles. The average Bonchev–Trinajstić information content (AvgIpc) is 2.85. The molecule has 0 bridgehead atoms. The minimum atomic E-state index is -0.118. The molecule has 1 heterocycles. The van der Waals surface area contributed by atoms with Crippen molar-refractivity contribution in [2.75, 3.05) is 26.7 Å². The van der Waals surface area contributed by atoms with Crippen LogP contribution in [-0.2, 0) is 9.53 Å². The standard InChI is InChI=1S/C12H22N2O2/c1-16-11(6-13)5-12(15)14-7-9-3-2-4-10(9)8-14/h9-11H,2-8,13H2,1H3. The van der Waals surface area contributed by atoms with Gasteiger partial charge in [-0.3, -0.25) is 4.79 Å². The Morgan fingerprint density at radius 1 is 1.44 bits per heavy atom. The number of fused-ring (bicyclic) bond motifs is 1. The van der Waals surface area contributed by atoms with Crippen molar-refractivity contribution in [2.24, 2.45) is 17.6 Å². The number of nitrogens with two attached hydrogens (primary N) is 1. The fraction of sp³-hybridized carbons (Fsp3) is 0.917. The molecule has 3 unspecified atom stereocenters. The Kier molecular flexibility index (Phi) is 3.82. The normalized spacial score (nSPS) is 30.5. The lowest BCUT2D eigenvalue weighted by Crippen LogP contribution is -2.35. The van der Waals surface area contributed by atoms with Crippen molar-refractivity contribution in [1.82, 2.24) is 4.90 Å². The summed E-state index contributed by atoms with van der Waals surface area (Å²) in [5, 5.41) is 0. The maximum atomic E-state index is 12.0. The highest BCUT2D eigenvalue weighted by molar-refractivity contribution is 5.77. The minimum Gasteiger partial charge on any atom is -0.380 e. The number of methoxy groups -OCH3 is 1. The van der Waals surface area contributed by atoms with Gasteiger partial charge in [-0.2, -0.15) is 0 Å². The summed E-state index contributed by atoms with van der Waals surface area (Å²) in [7, 11) is 1.61. The van der Waals surface area contributed by atoms with Gasteiger partial charge in [0.2, 0.25) is 5.91 Å². The number of carbonyl (C=O) groups is 1. The van der Waals surface area contributed by atoms with Gasteiger partial charge >= 0.3 is 0 Å². The molecule has 1 saturated heterocycles. The van der Waals surface area contributed by atoms with Crippen molar-refractivity contribution in [2.45, 2.75) is 31.8 Å². The van der Waals surface area contributed by atoms with Gasteiger partial charge in [0, 0.05) is 26.7 Å². The quantitative estimate of drug-likeness (QED) is 0.764. The summed E-state index contributed by atoms with van der Waals surface area (Å²) in [6.45, 7) is 2.35. The van der Waals surface area contributed by atoms with E-state index in [0.29, 0.717) is 13.0 Å². The first-order valence-corrected chi connectivity index (χ1v) is 6.25. The van der Waals surface area contributed by atoms with Crippen LogP contribution in [0.2, 0.25) is 0 Å². The number of ether oxygens (including phenoxy) is 1.